The molecule has 1 fully saturated rings. The van der Waals surface area contributed by atoms with E-state index in [1.807, 2.05) is 97.9 Å². The van der Waals surface area contributed by atoms with Gasteiger partial charge in [0.25, 0.3) is 0 Å². The minimum atomic E-state index is -3.94. The molecule has 1 aliphatic rings. The van der Waals surface area contributed by atoms with E-state index in [1.165, 1.54) is 0 Å². The Kier molecular flexibility index (Phi) is 11.9. The van der Waals surface area contributed by atoms with Gasteiger partial charge in [0, 0.05) is 0 Å². The number of hydrogen-bond donors (Lipinski definition) is 0. The summed E-state index contributed by atoms with van der Waals surface area (Å²) in [5, 5.41) is 0. The van der Waals surface area contributed by atoms with E-state index >= 15 is 0 Å². The second kappa shape index (κ2) is 15.6. The van der Waals surface area contributed by atoms with Gasteiger partial charge >= 0.3 is 7.82 Å². The van der Waals surface area contributed by atoms with Gasteiger partial charge in [-0.05, 0) is 37.5 Å². The molecule has 3 aromatic rings. The highest BCUT2D eigenvalue weighted by atomic mass is 31.2. The first-order valence-corrected chi connectivity index (χ1v) is 15.2. The zero-order chi connectivity index (χ0) is 28.2. The minimum absolute atomic E-state index is 0.145. The van der Waals surface area contributed by atoms with Gasteiger partial charge in [0.15, 0.2) is 6.29 Å². The van der Waals surface area contributed by atoms with Crippen LogP contribution in [-0.4, -0.2) is 43.9 Å². The molecule has 0 unspecified atom stereocenters. The molecule has 0 amide bonds. The van der Waals surface area contributed by atoms with Crippen molar-refractivity contribution in [3.8, 4) is 0 Å². The normalized spacial score (nSPS) is 23.2. The molecular weight excluding hydrogens is 531 g/mol. The third-order valence-corrected chi connectivity index (χ3v) is 8.01. The zero-order valence-electron chi connectivity index (χ0n) is 23.3. The molecule has 9 heteroatoms. The summed E-state index contributed by atoms with van der Waals surface area (Å²) in [7, 11) is -3.94. The summed E-state index contributed by atoms with van der Waals surface area (Å²) in [4.78, 5) is 0. The van der Waals surface area contributed by atoms with Crippen molar-refractivity contribution in [3.05, 3.63) is 108 Å². The standard InChI is InChI=1S/C31H39O8P/c1-4-36-40(32,37-5-2)39-31-30(35-23-27-19-13-8-14-20-27)29(34-22-26-17-11-7-12-18-26)28(24(3)38-31)33-21-25-15-9-6-10-16-25/h6-20,24,28-31H,4-5,21-23H2,1-3H3/t24-,28+,29+,30-,31-/m0/s1. The molecule has 4 rings (SSSR count). The lowest BCUT2D eigenvalue weighted by atomic mass is 9.98. The van der Waals surface area contributed by atoms with Crippen molar-refractivity contribution >= 4 is 7.82 Å². The number of hydrogen-bond acceptors (Lipinski definition) is 8. The summed E-state index contributed by atoms with van der Waals surface area (Å²) in [5.41, 5.74) is 2.98. The highest BCUT2D eigenvalue weighted by molar-refractivity contribution is 7.48. The zero-order valence-corrected chi connectivity index (χ0v) is 24.2. The van der Waals surface area contributed by atoms with Gasteiger partial charge in [0.1, 0.15) is 18.3 Å². The SMILES string of the molecule is CCOP(=O)(OCC)O[C@@H]1O[C@@H](C)[C@@H](OCc2ccccc2)[C@@H](OCc2ccccc2)[C@@H]1OCc1ccccc1. The Morgan fingerprint density at radius 1 is 0.625 bits per heavy atom. The largest absolute Gasteiger partial charge is 0.477 e. The second-order valence-electron chi connectivity index (χ2n) is 9.38. The molecule has 3 aromatic carbocycles. The van der Waals surface area contributed by atoms with Crippen LogP contribution in [0.2, 0.25) is 0 Å². The fourth-order valence-corrected chi connectivity index (χ4v) is 5.75. The van der Waals surface area contributed by atoms with Crippen LogP contribution in [0.3, 0.4) is 0 Å². The van der Waals surface area contributed by atoms with Crippen molar-refractivity contribution in [1.29, 1.82) is 0 Å². The maximum atomic E-state index is 13.4. The van der Waals surface area contributed by atoms with E-state index in [4.69, 9.17) is 32.5 Å². The lowest BCUT2D eigenvalue weighted by Gasteiger charge is -2.45. The first-order valence-electron chi connectivity index (χ1n) is 13.7. The molecule has 1 saturated heterocycles. The maximum absolute atomic E-state index is 13.4. The van der Waals surface area contributed by atoms with Gasteiger partial charge in [-0.25, -0.2) is 4.57 Å². The Bertz CT molecular complexity index is 1150. The first kappa shape index (κ1) is 30.6. The number of rotatable bonds is 15. The van der Waals surface area contributed by atoms with E-state index in [0.717, 1.165) is 16.7 Å². The number of phosphoric ester groups is 1. The first-order chi connectivity index (χ1) is 19.5. The minimum Gasteiger partial charge on any atom is -0.368 e. The molecule has 5 atom stereocenters. The highest BCUT2D eigenvalue weighted by Crippen LogP contribution is 2.52. The summed E-state index contributed by atoms with van der Waals surface area (Å²) in [5.74, 6) is 0. The molecule has 0 saturated carbocycles. The van der Waals surface area contributed by atoms with Crippen LogP contribution in [-0.2, 0) is 56.9 Å². The second-order valence-corrected chi connectivity index (χ2v) is 11.0. The molecule has 0 N–H and O–H groups in total. The molecule has 1 aliphatic heterocycles. The lowest BCUT2D eigenvalue weighted by molar-refractivity contribution is -0.303. The number of phosphoric acid groups is 1. The summed E-state index contributed by atoms with van der Waals surface area (Å²) >= 11 is 0. The van der Waals surface area contributed by atoms with Crippen LogP contribution in [0.5, 0.6) is 0 Å². The predicted molar refractivity (Wildman–Crippen MR) is 151 cm³/mol. The van der Waals surface area contributed by atoms with Crippen LogP contribution < -0.4 is 0 Å². The molecular formula is C31H39O8P. The van der Waals surface area contributed by atoms with E-state index in [1.54, 1.807) is 13.8 Å². The molecule has 40 heavy (non-hydrogen) atoms. The Morgan fingerprint density at radius 2 is 1.02 bits per heavy atom. The van der Waals surface area contributed by atoms with Gasteiger partial charge in [-0.3, -0.25) is 13.6 Å². The molecule has 0 aromatic heterocycles. The van der Waals surface area contributed by atoms with Crippen LogP contribution in [0, 0.1) is 0 Å². The molecule has 1 heterocycles. The molecule has 216 valence electrons. The average molecular weight is 571 g/mol. The van der Waals surface area contributed by atoms with Crippen molar-refractivity contribution in [2.75, 3.05) is 13.2 Å². The summed E-state index contributed by atoms with van der Waals surface area (Å²) in [6.45, 7) is 6.55. The van der Waals surface area contributed by atoms with Crippen molar-refractivity contribution < 1.29 is 37.1 Å². The van der Waals surface area contributed by atoms with E-state index < -0.39 is 38.5 Å². The van der Waals surface area contributed by atoms with Crippen molar-refractivity contribution in [2.45, 2.75) is 71.3 Å². The van der Waals surface area contributed by atoms with Crippen molar-refractivity contribution in [2.24, 2.45) is 0 Å². The molecule has 0 radical (unpaired) electrons. The van der Waals surface area contributed by atoms with E-state index in [9.17, 15) is 4.57 Å². The van der Waals surface area contributed by atoms with Gasteiger partial charge in [-0.15, -0.1) is 0 Å². The predicted octanol–water partition coefficient (Wildman–Crippen LogP) is 6.69. The number of ether oxygens (including phenoxy) is 4. The van der Waals surface area contributed by atoms with Gasteiger partial charge < -0.3 is 18.9 Å². The third-order valence-electron chi connectivity index (χ3n) is 6.39. The Hall–Kier alpha value is -2.39. The van der Waals surface area contributed by atoms with Gasteiger partial charge in [-0.1, -0.05) is 91.0 Å². The van der Waals surface area contributed by atoms with Crippen LogP contribution in [0.15, 0.2) is 91.0 Å². The van der Waals surface area contributed by atoms with Crippen LogP contribution in [0.1, 0.15) is 37.5 Å². The van der Waals surface area contributed by atoms with Crippen molar-refractivity contribution in [1.82, 2.24) is 0 Å². The molecule has 0 aliphatic carbocycles. The molecule has 0 bridgehead atoms. The third kappa shape index (κ3) is 8.80. The van der Waals surface area contributed by atoms with Crippen LogP contribution in [0.4, 0.5) is 0 Å². The average Bonchev–Trinajstić information content (AvgIpc) is 2.97. The fraction of sp³-hybridized carbons (Fsp3) is 0.419. The monoisotopic (exact) mass is 570 g/mol. The Morgan fingerprint density at radius 3 is 1.45 bits per heavy atom. The summed E-state index contributed by atoms with van der Waals surface area (Å²) < 4.78 is 55.9. The Labute approximate surface area is 237 Å². The van der Waals surface area contributed by atoms with Crippen molar-refractivity contribution in [3.63, 3.8) is 0 Å². The van der Waals surface area contributed by atoms with Gasteiger partial charge in [-0.2, -0.15) is 0 Å². The Balaban J connectivity index is 1.63. The quantitative estimate of drug-likeness (QED) is 0.187. The van der Waals surface area contributed by atoms with Gasteiger partial charge in [0.05, 0.1) is 39.1 Å². The van der Waals surface area contributed by atoms with Crippen LogP contribution in [0.25, 0.3) is 0 Å². The van der Waals surface area contributed by atoms with Gasteiger partial charge in [0.2, 0.25) is 0 Å². The van der Waals surface area contributed by atoms with E-state index in [2.05, 4.69) is 0 Å². The van der Waals surface area contributed by atoms with E-state index in [0.29, 0.717) is 13.2 Å². The summed E-state index contributed by atoms with van der Waals surface area (Å²) in [6, 6.07) is 29.6. The maximum Gasteiger partial charge on any atom is 0.477 e. The number of benzene rings is 3. The fourth-order valence-electron chi connectivity index (χ4n) is 4.50. The molecule has 0 spiro atoms. The summed E-state index contributed by atoms with van der Waals surface area (Å²) in [6.07, 6.45) is -3.53. The molecule has 8 nitrogen and oxygen atoms in total. The lowest BCUT2D eigenvalue weighted by Crippen LogP contribution is -2.59. The smallest absolute Gasteiger partial charge is 0.368 e. The highest BCUT2D eigenvalue weighted by Gasteiger charge is 2.50. The van der Waals surface area contributed by atoms with E-state index in [-0.39, 0.29) is 19.8 Å². The topological polar surface area (TPSA) is 81.7 Å². The van der Waals surface area contributed by atoms with Crippen LogP contribution >= 0.6 is 7.82 Å².